The van der Waals surface area contributed by atoms with Gasteiger partial charge in [-0.3, -0.25) is 4.98 Å². The second-order valence-corrected chi connectivity index (χ2v) is 4.35. The molecule has 0 saturated heterocycles. The van der Waals surface area contributed by atoms with Crippen molar-refractivity contribution in [3.05, 3.63) is 42.2 Å². The molecule has 0 aliphatic heterocycles. The molecular weight excluding hydrogens is 184 g/mol. The van der Waals surface area contributed by atoms with Gasteiger partial charge in [-0.05, 0) is 24.3 Å². The van der Waals surface area contributed by atoms with Gasteiger partial charge < -0.3 is 5.73 Å². The lowest BCUT2D eigenvalue weighted by Crippen LogP contribution is -2.35. The van der Waals surface area contributed by atoms with E-state index in [1.165, 1.54) is 16.5 Å². The summed E-state index contributed by atoms with van der Waals surface area (Å²) in [7, 11) is 0. The minimum absolute atomic E-state index is 0.385. The van der Waals surface area contributed by atoms with Crippen molar-refractivity contribution in [2.24, 2.45) is 5.73 Å². The fraction of sp³-hybridized carbons (Fsp3) is 0.308. The molecule has 1 aromatic carbocycles. The maximum atomic E-state index is 5.82. The van der Waals surface area contributed by atoms with Gasteiger partial charge in [0.05, 0.1) is 5.69 Å². The summed E-state index contributed by atoms with van der Waals surface area (Å²) in [4.78, 5) is 4.51. The Labute approximate surface area is 89.1 Å². The summed E-state index contributed by atoms with van der Waals surface area (Å²) in [5.41, 5.74) is 7.05. The summed E-state index contributed by atoms with van der Waals surface area (Å²) in [5, 5.41) is 2.57. The molecule has 2 N–H and O–H groups in total. The van der Waals surface area contributed by atoms with Crippen LogP contribution in [0.4, 0.5) is 0 Å². The van der Waals surface area contributed by atoms with E-state index in [1.807, 2.05) is 6.20 Å². The lowest BCUT2D eigenvalue weighted by atomic mass is 9.77. The van der Waals surface area contributed by atoms with Gasteiger partial charge in [-0.25, -0.2) is 0 Å². The molecule has 0 amide bonds. The van der Waals surface area contributed by atoms with Crippen molar-refractivity contribution in [3.63, 3.8) is 0 Å². The highest BCUT2D eigenvalue weighted by Crippen LogP contribution is 2.37. The number of pyridine rings is 1. The Morgan fingerprint density at radius 3 is 2.73 bits per heavy atom. The molecule has 0 unspecified atom stereocenters. The third-order valence-corrected chi connectivity index (χ3v) is 3.27. The second kappa shape index (κ2) is 3.31. The molecule has 2 heteroatoms. The maximum Gasteiger partial charge on any atom is 0.0513 e. The van der Waals surface area contributed by atoms with E-state index in [4.69, 9.17) is 5.73 Å². The van der Waals surface area contributed by atoms with Gasteiger partial charge >= 0.3 is 0 Å². The van der Waals surface area contributed by atoms with Crippen LogP contribution in [0.25, 0.3) is 10.8 Å². The number of benzene rings is 1. The molecule has 1 saturated carbocycles. The van der Waals surface area contributed by atoms with Gasteiger partial charge in [-0.2, -0.15) is 0 Å². The van der Waals surface area contributed by atoms with Gasteiger partial charge in [0.15, 0.2) is 0 Å². The molecule has 2 nitrogen and oxygen atoms in total. The third kappa shape index (κ3) is 1.41. The summed E-state index contributed by atoms with van der Waals surface area (Å²) in [5.74, 6) is 0.575. The fourth-order valence-corrected chi connectivity index (χ4v) is 2.35. The zero-order valence-electron chi connectivity index (χ0n) is 8.56. The van der Waals surface area contributed by atoms with E-state index in [1.54, 1.807) is 0 Å². The monoisotopic (exact) mass is 198 g/mol. The van der Waals surface area contributed by atoms with Crippen LogP contribution in [0.5, 0.6) is 0 Å². The van der Waals surface area contributed by atoms with Crippen molar-refractivity contribution in [2.75, 3.05) is 0 Å². The standard InChI is InChI=1S/C13H14N2/c14-11-7-10(8-11)13-12-4-2-1-3-9(12)5-6-15-13/h1-6,10-11H,7-8,14H2. The lowest BCUT2D eigenvalue weighted by molar-refractivity contribution is 0.347. The molecule has 1 aliphatic carbocycles. The zero-order chi connectivity index (χ0) is 10.3. The van der Waals surface area contributed by atoms with Crippen molar-refractivity contribution < 1.29 is 0 Å². The van der Waals surface area contributed by atoms with Crippen LogP contribution in [0.1, 0.15) is 24.5 Å². The second-order valence-electron chi connectivity index (χ2n) is 4.35. The van der Waals surface area contributed by atoms with Crippen LogP contribution >= 0.6 is 0 Å². The van der Waals surface area contributed by atoms with Crippen LogP contribution in [-0.4, -0.2) is 11.0 Å². The fourth-order valence-electron chi connectivity index (χ4n) is 2.35. The highest BCUT2D eigenvalue weighted by atomic mass is 14.7. The van der Waals surface area contributed by atoms with Crippen molar-refractivity contribution >= 4 is 10.8 Å². The molecule has 0 atom stereocenters. The van der Waals surface area contributed by atoms with Gasteiger partial charge in [0.1, 0.15) is 0 Å². The number of nitrogens with two attached hydrogens (primary N) is 1. The minimum atomic E-state index is 0.385. The van der Waals surface area contributed by atoms with E-state index in [2.05, 4.69) is 35.3 Å². The van der Waals surface area contributed by atoms with E-state index in [0.29, 0.717) is 12.0 Å². The maximum absolute atomic E-state index is 5.82. The van der Waals surface area contributed by atoms with Gasteiger partial charge in [0.2, 0.25) is 0 Å². The summed E-state index contributed by atoms with van der Waals surface area (Å²) >= 11 is 0. The number of hydrogen-bond acceptors (Lipinski definition) is 2. The largest absolute Gasteiger partial charge is 0.328 e. The van der Waals surface area contributed by atoms with Gasteiger partial charge in [-0.15, -0.1) is 0 Å². The Balaban J connectivity index is 2.10. The summed E-state index contributed by atoms with van der Waals surface area (Å²) in [6.07, 6.45) is 4.07. The predicted octanol–water partition coefficient (Wildman–Crippen LogP) is 2.44. The van der Waals surface area contributed by atoms with Crippen LogP contribution in [0, 0.1) is 0 Å². The molecular formula is C13H14N2. The van der Waals surface area contributed by atoms with Crippen LogP contribution in [0.2, 0.25) is 0 Å². The number of rotatable bonds is 1. The summed E-state index contributed by atoms with van der Waals surface area (Å²) < 4.78 is 0. The number of hydrogen-bond donors (Lipinski definition) is 1. The number of fused-ring (bicyclic) bond motifs is 1. The van der Waals surface area contributed by atoms with Crippen molar-refractivity contribution in [1.29, 1.82) is 0 Å². The van der Waals surface area contributed by atoms with E-state index in [-0.39, 0.29) is 0 Å². The molecule has 0 bridgehead atoms. The first-order chi connectivity index (χ1) is 7.34. The third-order valence-electron chi connectivity index (χ3n) is 3.27. The van der Waals surface area contributed by atoms with Crippen LogP contribution < -0.4 is 5.73 Å². The molecule has 1 heterocycles. The first kappa shape index (κ1) is 8.86. The zero-order valence-corrected chi connectivity index (χ0v) is 8.56. The highest BCUT2D eigenvalue weighted by Gasteiger charge is 2.29. The first-order valence-electron chi connectivity index (χ1n) is 5.44. The Bertz CT molecular complexity index is 481. The molecule has 0 spiro atoms. The smallest absolute Gasteiger partial charge is 0.0513 e. The molecule has 0 radical (unpaired) electrons. The molecule has 1 aliphatic rings. The Hall–Kier alpha value is -1.41. The van der Waals surface area contributed by atoms with Crippen LogP contribution in [0.3, 0.4) is 0 Å². The van der Waals surface area contributed by atoms with Gasteiger partial charge in [0.25, 0.3) is 0 Å². The first-order valence-corrected chi connectivity index (χ1v) is 5.44. The van der Waals surface area contributed by atoms with Crippen LogP contribution in [0.15, 0.2) is 36.5 Å². The highest BCUT2D eigenvalue weighted by molar-refractivity contribution is 5.84. The van der Waals surface area contributed by atoms with E-state index < -0.39 is 0 Å². The Morgan fingerprint density at radius 2 is 1.93 bits per heavy atom. The van der Waals surface area contributed by atoms with E-state index in [0.717, 1.165) is 12.8 Å². The van der Waals surface area contributed by atoms with Gasteiger partial charge in [0, 0.05) is 23.5 Å². The molecule has 1 fully saturated rings. The van der Waals surface area contributed by atoms with Crippen molar-refractivity contribution in [1.82, 2.24) is 4.98 Å². The molecule has 15 heavy (non-hydrogen) atoms. The Kier molecular flexibility index (Phi) is 1.96. The SMILES string of the molecule is NC1CC(c2nccc3ccccc23)C1. The molecule has 2 aromatic rings. The van der Waals surface area contributed by atoms with Crippen LogP contribution in [-0.2, 0) is 0 Å². The van der Waals surface area contributed by atoms with Crippen molar-refractivity contribution in [3.8, 4) is 0 Å². The summed E-state index contributed by atoms with van der Waals surface area (Å²) in [6, 6.07) is 10.9. The quantitative estimate of drug-likeness (QED) is 0.764. The average molecular weight is 198 g/mol. The summed E-state index contributed by atoms with van der Waals surface area (Å²) in [6.45, 7) is 0. The molecule has 3 rings (SSSR count). The average Bonchev–Trinajstić information content (AvgIpc) is 2.24. The minimum Gasteiger partial charge on any atom is -0.328 e. The van der Waals surface area contributed by atoms with Gasteiger partial charge in [-0.1, -0.05) is 24.3 Å². The molecule has 76 valence electrons. The predicted molar refractivity (Wildman–Crippen MR) is 61.7 cm³/mol. The normalized spacial score (nSPS) is 25.1. The lowest BCUT2D eigenvalue weighted by Gasteiger charge is -2.32. The van der Waals surface area contributed by atoms with E-state index >= 15 is 0 Å². The molecule has 1 aromatic heterocycles. The number of nitrogens with zero attached hydrogens (tertiary/aromatic N) is 1. The number of aromatic nitrogens is 1. The Morgan fingerprint density at radius 1 is 1.13 bits per heavy atom. The topological polar surface area (TPSA) is 38.9 Å². The van der Waals surface area contributed by atoms with Crippen molar-refractivity contribution in [2.45, 2.75) is 24.8 Å². The van der Waals surface area contributed by atoms with E-state index in [9.17, 15) is 0 Å².